The second kappa shape index (κ2) is 6.86. The van der Waals surface area contributed by atoms with Gasteiger partial charge in [0.1, 0.15) is 0 Å². The predicted octanol–water partition coefficient (Wildman–Crippen LogP) is 1.65. The van der Waals surface area contributed by atoms with Gasteiger partial charge in [0.2, 0.25) is 5.91 Å². The highest BCUT2D eigenvalue weighted by molar-refractivity contribution is 5.76. The van der Waals surface area contributed by atoms with Gasteiger partial charge in [-0.3, -0.25) is 4.79 Å². The molecule has 1 heterocycles. The fourth-order valence-electron chi connectivity index (χ4n) is 1.92. The summed E-state index contributed by atoms with van der Waals surface area (Å²) in [6, 6.07) is 9.66. The molecule has 0 aliphatic rings. The Balaban J connectivity index is 1.98. The average molecular weight is 273 g/mol. The summed E-state index contributed by atoms with van der Waals surface area (Å²) in [5.41, 5.74) is 1.95. The van der Waals surface area contributed by atoms with E-state index in [-0.39, 0.29) is 5.91 Å². The standard InChI is InChI=1S/C15H19N3O2/c1-12(19)7-8-15(20)16-11-13-5-2-3-6-14(13)18-10-4-9-17-18/h2-6,9-10,12,19H,7-8,11H2,1H3,(H,16,20). The van der Waals surface area contributed by atoms with Crippen molar-refractivity contribution < 1.29 is 9.90 Å². The fraction of sp³-hybridized carbons (Fsp3) is 0.333. The van der Waals surface area contributed by atoms with E-state index < -0.39 is 6.10 Å². The lowest BCUT2D eigenvalue weighted by Crippen LogP contribution is -2.24. The number of aliphatic hydroxyl groups is 1. The fourth-order valence-corrected chi connectivity index (χ4v) is 1.92. The Morgan fingerprint density at radius 3 is 2.90 bits per heavy atom. The Morgan fingerprint density at radius 2 is 2.20 bits per heavy atom. The number of hydrogen-bond donors (Lipinski definition) is 2. The molecule has 0 spiro atoms. The van der Waals surface area contributed by atoms with Crippen molar-refractivity contribution >= 4 is 5.91 Å². The third-order valence-electron chi connectivity index (χ3n) is 3.01. The second-order valence-electron chi connectivity index (χ2n) is 4.74. The summed E-state index contributed by atoms with van der Waals surface area (Å²) in [7, 11) is 0. The lowest BCUT2D eigenvalue weighted by atomic mass is 10.1. The molecule has 1 aromatic carbocycles. The first kappa shape index (κ1) is 14.3. The van der Waals surface area contributed by atoms with E-state index in [1.165, 1.54) is 0 Å². The third kappa shape index (κ3) is 3.93. The maximum atomic E-state index is 11.7. The number of rotatable bonds is 6. The van der Waals surface area contributed by atoms with E-state index in [4.69, 9.17) is 5.11 Å². The van der Waals surface area contributed by atoms with E-state index >= 15 is 0 Å². The molecular formula is C15H19N3O2. The number of nitrogens with one attached hydrogen (secondary N) is 1. The Hall–Kier alpha value is -2.14. The summed E-state index contributed by atoms with van der Waals surface area (Å²) in [5.74, 6) is -0.0545. The quantitative estimate of drug-likeness (QED) is 0.841. The highest BCUT2D eigenvalue weighted by atomic mass is 16.3. The third-order valence-corrected chi connectivity index (χ3v) is 3.01. The number of aliphatic hydroxyl groups excluding tert-OH is 1. The van der Waals surface area contributed by atoms with Gasteiger partial charge in [0.25, 0.3) is 0 Å². The molecule has 1 amide bonds. The van der Waals surface area contributed by atoms with E-state index in [9.17, 15) is 4.79 Å². The van der Waals surface area contributed by atoms with Crippen molar-refractivity contribution in [2.24, 2.45) is 0 Å². The number of para-hydroxylation sites is 1. The molecule has 5 heteroatoms. The lowest BCUT2D eigenvalue weighted by Gasteiger charge is -2.11. The Bertz CT molecular complexity index is 550. The van der Waals surface area contributed by atoms with E-state index in [2.05, 4.69) is 10.4 Å². The molecule has 2 rings (SSSR count). The van der Waals surface area contributed by atoms with Gasteiger partial charge >= 0.3 is 0 Å². The van der Waals surface area contributed by atoms with Gasteiger partial charge < -0.3 is 10.4 Å². The van der Waals surface area contributed by atoms with Crippen LogP contribution in [0, 0.1) is 0 Å². The van der Waals surface area contributed by atoms with Gasteiger partial charge in [0.15, 0.2) is 0 Å². The van der Waals surface area contributed by atoms with Gasteiger partial charge in [-0.25, -0.2) is 4.68 Å². The molecule has 0 aliphatic carbocycles. The van der Waals surface area contributed by atoms with Crippen LogP contribution in [0.5, 0.6) is 0 Å². The highest BCUT2D eigenvalue weighted by Gasteiger charge is 2.07. The molecule has 1 unspecified atom stereocenters. The van der Waals surface area contributed by atoms with E-state index in [1.807, 2.05) is 36.5 Å². The monoisotopic (exact) mass is 273 g/mol. The zero-order valence-electron chi connectivity index (χ0n) is 11.5. The maximum Gasteiger partial charge on any atom is 0.220 e. The molecule has 106 valence electrons. The summed E-state index contributed by atoms with van der Waals surface area (Å²) in [6.07, 6.45) is 3.96. The van der Waals surface area contributed by atoms with Gasteiger partial charge in [-0.15, -0.1) is 0 Å². The van der Waals surface area contributed by atoms with Gasteiger partial charge in [0.05, 0.1) is 11.8 Å². The lowest BCUT2D eigenvalue weighted by molar-refractivity contribution is -0.121. The van der Waals surface area contributed by atoms with Crippen molar-refractivity contribution in [1.82, 2.24) is 15.1 Å². The molecule has 5 nitrogen and oxygen atoms in total. The molecule has 0 radical (unpaired) electrons. The van der Waals surface area contributed by atoms with Crippen LogP contribution in [0.15, 0.2) is 42.7 Å². The molecule has 0 saturated heterocycles. The largest absolute Gasteiger partial charge is 0.393 e. The number of amides is 1. The van der Waals surface area contributed by atoms with Crippen molar-refractivity contribution in [2.75, 3.05) is 0 Å². The molecule has 0 fully saturated rings. The summed E-state index contributed by atoms with van der Waals surface area (Å²) in [5, 5.41) is 16.2. The zero-order chi connectivity index (χ0) is 14.4. The van der Waals surface area contributed by atoms with Crippen molar-refractivity contribution in [2.45, 2.75) is 32.4 Å². The van der Waals surface area contributed by atoms with E-state index in [1.54, 1.807) is 17.8 Å². The molecule has 2 aromatic rings. The maximum absolute atomic E-state index is 11.7. The molecule has 0 bridgehead atoms. The topological polar surface area (TPSA) is 67.2 Å². The molecule has 1 atom stereocenters. The SMILES string of the molecule is CC(O)CCC(=O)NCc1ccccc1-n1cccn1. The van der Waals surface area contributed by atoms with Crippen LogP contribution in [-0.4, -0.2) is 26.9 Å². The summed E-state index contributed by atoms with van der Waals surface area (Å²) in [6.45, 7) is 2.13. The van der Waals surface area contributed by atoms with Gasteiger partial charge in [-0.05, 0) is 31.0 Å². The van der Waals surface area contributed by atoms with Crippen LogP contribution in [0.3, 0.4) is 0 Å². The van der Waals surface area contributed by atoms with Crippen LogP contribution in [-0.2, 0) is 11.3 Å². The first-order chi connectivity index (χ1) is 9.66. The van der Waals surface area contributed by atoms with Crippen LogP contribution in [0.1, 0.15) is 25.3 Å². The minimum Gasteiger partial charge on any atom is -0.393 e. The second-order valence-corrected chi connectivity index (χ2v) is 4.74. The van der Waals surface area contributed by atoms with Crippen LogP contribution < -0.4 is 5.32 Å². The van der Waals surface area contributed by atoms with Crippen molar-refractivity contribution in [3.63, 3.8) is 0 Å². The number of carbonyl (C=O) groups is 1. The normalized spacial score (nSPS) is 12.1. The summed E-state index contributed by atoms with van der Waals surface area (Å²) >= 11 is 0. The van der Waals surface area contributed by atoms with Crippen molar-refractivity contribution in [1.29, 1.82) is 0 Å². The van der Waals surface area contributed by atoms with Crippen LogP contribution in [0.4, 0.5) is 0 Å². The predicted molar refractivity (Wildman–Crippen MR) is 76.3 cm³/mol. The number of hydrogen-bond acceptors (Lipinski definition) is 3. The average Bonchev–Trinajstić information content (AvgIpc) is 2.97. The number of carbonyl (C=O) groups excluding carboxylic acids is 1. The number of aromatic nitrogens is 2. The van der Waals surface area contributed by atoms with Crippen molar-refractivity contribution in [3.8, 4) is 5.69 Å². The smallest absolute Gasteiger partial charge is 0.220 e. The highest BCUT2D eigenvalue weighted by Crippen LogP contribution is 2.13. The molecule has 2 N–H and O–H groups in total. The van der Waals surface area contributed by atoms with E-state index in [0.717, 1.165) is 11.3 Å². The first-order valence-corrected chi connectivity index (χ1v) is 6.69. The summed E-state index contributed by atoms with van der Waals surface area (Å²) in [4.78, 5) is 11.7. The molecular weight excluding hydrogens is 254 g/mol. The molecule has 0 saturated carbocycles. The number of nitrogens with zero attached hydrogens (tertiary/aromatic N) is 2. The van der Waals surface area contributed by atoms with E-state index in [0.29, 0.717) is 19.4 Å². The van der Waals surface area contributed by atoms with Gasteiger partial charge in [-0.2, -0.15) is 5.10 Å². The Kier molecular flexibility index (Phi) is 4.90. The number of benzene rings is 1. The van der Waals surface area contributed by atoms with Gasteiger partial charge in [0, 0.05) is 25.4 Å². The van der Waals surface area contributed by atoms with Gasteiger partial charge in [-0.1, -0.05) is 18.2 Å². The molecule has 0 aliphatic heterocycles. The van der Waals surface area contributed by atoms with Crippen LogP contribution in [0.25, 0.3) is 5.69 Å². The van der Waals surface area contributed by atoms with Crippen molar-refractivity contribution in [3.05, 3.63) is 48.3 Å². The summed E-state index contributed by atoms with van der Waals surface area (Å²) < 4.78 is 1.78. The van der Waals surface area contributed by atoms with Crippen LogP contribution >= 0.6 is 0 Å². The Morgan fingerprint density at radius 1 is 1.40 bits per heavy atom. The zero-order valence-corrected chi connectivity index (χ0v) is 11.5. The molecule has 20 heavy (non-hydrogen) atoms. The minimum absolute atomic E-state index is 0.0545. The van der Waals surface area contributed by atoms with Crippen LogP contribution in [0.2, 0.25) is 0 Å². The first-order valence-electron chi connectivity index (χ1n) is 6.69. The molecule has 1 aromatic heterocycles. The minimum atomic E-state index is -0.447. The Labute approximate surface area is 118 Å².